The van der Waals surface area contributed by atoms with Crippen molar-refractivity contribution in [1.82, 2.24) is 0 Å². The highest BCUT2D eigenvalue weighted by Crippen LogP contribution is 2.26. The maximum absolute atomic E-state index is 10.5. The lowest BCUT2D eigenvalue weighted by Crippen LogP contribution is -2.16. The van der Waals surface area contributed by atoms with Crippen LogP contribution < -0.4 is 10.5 Å². The second-order valence-corrected chi connectivity index (χ2v) is 2.58. The summed E-state index contributed by atoms with van der Waals surface area (Å²) in [5, 5.41) is 10.5. The standard InChI is InChI=1S/C8H8N2O4/c1-5-6(10(12)13)3-2-4-7(5)14-8(9)11/h2-4H,1H3,(H2,9,11). The van der Waals surface area contributed by atoms with Crippen LogP contribution in [0.5, 0.6) is 5.75 Å². The third-order valence-corrected chi connectivity index (χ3v) is 1.66. The zero-order valence-corrected chi connectivity index (χ0v) is 7.39. The smallest absolute Gasteiger partial charge is 0.409 e. The highest BCUT2D eigenvalue weighted by atomic mass is 16.6. The summed E-state index contributed by atoms with van der Waals surface area (Å²) in [7, 11) is 0. The number of nitro benzene ring substituents is 1. The topological polar surface area (TPSA) is 95.5 Å². The van der Waals surface area contributed by atoms with Crippen molar-refractivity contribution in [2.45, 2.75) is 6.92 Å². The SMILES string of the molecule is Cc1c(OC(N)=O)cccc1[N+](=O)[O-]. The van der Waals surface area contributed by atoms with Crippen LogP contribution in [0.4, 0.5) is 10.5 Å². The molecule has 1 aromatic rings. The first-order valence-electron chi connectivity index (χ1n) is 3.73. The summed E-state index contributed by atoms with van der Waals surface area (Å²) in [4.78, 5) is 20.4. The number of primary amides is 1. The van der Waals surface area contributed by atoms with Crippen molar-refractivity contribution >= 4 is 11.8 Å². The van der Waals surface area contributed by atoms with Gasteiger partial charge in [-0.1, -0.05) is 6.07 Å². The number of ether oxygens (including phenoxy) is 1. The summed E-state index contributed by atoms with van der Waals surface area (Å²) in [5.41, 5.74) is 4.96. The molecule has 0 aliphatic rings. The minimum absolute atomic E-state index is 0.103. The van der Waals surface area contributed by atoms with Gasteiger partial charge in [-0.3, -0.25) is 10.1 Å². The molecule has 2 N–H and O–H groups in total. The minimum atomic E-state index is -0.992. The molecule has 0 aliphatic carbocycles. The molecule has 0 unspecified atom stereocenters. The molecule has 0 atom stereocenters. The second kappa shape index (κ2) is 3.73. The van der Waals surface area contributed by atoms with Crippen LogP contribution in [0, 0.1) is 17.0 Å². The van der Waals surface area contributed by atoms with Gasteiger partial charge in [0.1, 0.15) is 5.75 Å². The van der Waals surface area contributed by atoms with Gasteiger partial charge in [0.25, 0.3) is 5.69 Å². The van der Waals surface area contributed by atoms with Crippen molar-refractivity contribution in [3.05, 3.63) is 33.9 Å². The van der Waals surface area contributed by atoms with Crippen molar-refractivity contribution in [3.63, 3.8) is 0 Å². The largest absolute Gasteiger partial charge is 0.410 e. The average molecular weight is 196 g/mol. The van der Waals surface area contributed by atoms with Crippen LogP contribution in [0.3, 0.4) is 0 Å². The summed E-state index contributed by atoms with van der Waals surface area (Å²) in [6, 6.07) is 4.18. The molecule has 0 fully saturated rings. The zero-order valence-electron chi connectivity index (χ0n) is 7.39. The van der Waals surface area contributed by atoms with Crippen LogP contribution in [0.25, 0.3) is 0 Å². The van der Waals surface area contributed by atoms with Gasteiger partial charge in [-0.05, 0) is 13.0 Å². The molecule has 1 rings (SSSR count). The molecule has 1 aromatic carbocycles. The van der Waals surface area contributed by atoms with Gasteiger partial charge >= 0.3 is 6.09 Å². The summed E-state index contributed by atoms with van der Waals surface area (Å²) in [5.74, 6) is 0.103. The second-order valence-electron chi connectivity index (χ2n) is 2.58. The summed E-state index contributed by atoms with van der Waals surface area (Å²) in [6.45, 7) is 1.48. The number of carbonyl (C=O) groups excluding carboxylic acids is 1. The molecule has 0 aliphatic heterocycles. The fourth-order valence-corrected chi connectivity index (χ4v) is 1.02. The molecule has 6 nitrogen and oxygen atoms in total. The van der Waals surface area contributed by atoms with Gasteiger partial charge in [0.05, 0.1) is 10.5 Å². The quantitative estimate of drug-likeness (QED) is 0.570. The Hall–Kier alpha value is -2.11. The number of nitro groups is 1. The monoisotopic (exact) mass is 196 g/mol. The third-order valence-electron chi connectivity index (χ3n) is 1.66. The Bertz CT molecular complexity index is 389. The normalized spacial score (nSPS) is 9.50. The van der Waals surface area contributed by atoms with Crippen LogP contribution in [-0.2, 0) is 0 Å². The van der Waals surface area contributed by atoms with Gasteiger partial charge in [0, 0.05) is 6.07 Å². The van der Waals surface area contributed by atoms with E-state index in [-0.39, 0.29) is 17.0 Å². The average Bonchev–Trinajstić information content (AvgIpc) is 2.07. The molecule has 0 saturated heterocycles. The maximum Gasteiger partial charge on any atom is 0.409 e. The van der Waals surface area contributed by atoms with E-state index in [1.165, 1.54) is 25.1 Å². The zero-order chi connectivity index (χ0) is 10.7. The van der Waals surface area contributed by atoms with E-state index in [4.69, 9.17) is 5.73 Å². The van der Waals surface area contributed by atoms with Crippen molar-refractivity contribution in [3.8, 4) is 5.75 Å². The van der Waals surface area contributed by atoms with Crippen molar-refractivity contribution in [2.24, 2.45) is 5.73 Å². The summed E-state index contributed by atoms with van der Waals surface area (Å²) in [6.07, 6.45) is -0.992. The number of benzene rings is 1. The van der Waals surface area contributed by atoms with E-state index in [2.05, 4.69) is 4.74 Å². The Morgan fingerprint density at radius 1 is 1.57 bits per heavy atom. The van der Waals surface area contributed by atoms with Crippen LogP contribution in [0.15, 0.2) is 18.2 Å². The molecule has 6 heteroatoms. The Morgan fingerprint density at radius 3 is 2.71 bits per heavy atom. The summed E-state index contributed by atoms with van der Waals surface area (Å²) >= 11 is 0. The predicted octanol–water partition coefficient (Wildman–Crippen LogP) is 1.36. The Morgan fingerprint density at radius 2 is 2.21 bits per heavy atom. The Labute approximate surface area is 79.4 Å². The highest BCUT2D eigenvalue weighted by molar-refractivity contribution is 5.69. The Balaban J connectivity index is 3.13. The van der Waals surface area contributed by atoms with Crippen LogP contribution in [-0.4, -0.2) is 11.0 Å². The number of rotatable bonds is 2. The number of carbonyl (C=O) groups is 1. The van der Waals surface area contributed by atoms with E-state index in [9.17, 15) is 14.9 Å². The third kappa shape index (κ3) is 1.98. The molecule has 0 saturated carbocycles. The van der Waals surface area contributed by atoms with Crippen molar-refractivity contribution < 1.29 is 14.5 Å². The first-order chi connectivity index (χ1) is 6.52. The molecule has 14 heavy (non-hydrogen) atoms. The highest BCUT2D eigenvalue weighted by Gasteiger charge is 2.14. The van der Waals surface area contributed by atoms with E-state index in [1.807, 2.05) is 0 Å². The number of hydrogen-bond donors (Lipinski definition) is 1. The van der Waals surface area contributed by atoms with Crippen molar-refractivity contribution in [1.29, 1.82) is 0 Å². The molecule has 0 bridgehead atoms. The molecule has 74 valence electrons. The molecular weight excluding hydrogens is 188 g/mol. The van der Waals surface area contributed by atoms with Gasteiger partial charge < -0.3 is 10.5 Å². The van der Waals surface area contributed by atoms with E-state index < -0.39 is 11.0 Å². The number of nitrogens with two attached hydrogens (primary N) is 1. The first-order valence-corrected chi connectivity index (χ1v) is 3.73. The maximum atomic E-state index is 10.5. The molecular formula is C8H8N2O4. The minimum Gasteiger partial charge on any atom is -0.410 e. The number of amides is 1. The van der Waals surface area contributed by atoms with Crippen molar-refractivity contribution in [2.75, 3.05) is 0 Å². The Kier molecular flexibility index (Phi) is 2.66. The lowest BCUT2D eigenvalue weighted by molar-refractivity contribution is -0.385. The van der Waals surface area contributed by atoms with E-state index in [1.54, 1.807) is 0 Å². The predicted molar refractivity (Wildman–Crippen MR) is 48.0 cm³/mol. The lowest BCUT2D eigenvalue weighted by Gasteiger charge is -2.04. The van der Waals surface area contributed by atoms with Gasteiger partial charge in [-0.25, -0.2) is 4.79 Å². The van der Waals surface area contributed by atoms with Gasteiger partial charge in [0.15, 0.2) is 0 Å². The van der Waals surface area contributed by atoms with E-state index in [0.717, 1.165) is 0 Å². The van der Waals surface area contributed by atoms with Gasteiger partial charge in [-0.2, -0.15) is 0 Å². The van der Waals surface area contributed by atoms with Crippen LogP contribution >= 0.6 is 0 Å². The van der Waals surface area contributed by atoms with E-state index >= 15 is 0 Å². The van der Waals surface area contributed by atoms with Gasteiger partial charge in [0.2, 0.25) is 0 Å². The van der Waals surface area contributed by atoms with Gasteiger partial charge in [-0.15, -0.1) is 0 Å². The fraction of sp³-hybridized carbons (Fsp3) is 0.125. The van der Waals surface area contributed by atoms with Crippen LogP contribution in [0.1, 0.15) is 5.56 Å². The molecule has 0 spiro atoms. The number of hydrogen-bond acceptors (Lipinski definition) is 4. The lowest BCUT2D eigenvalue weighted by atomic mass is 10.2. The first kappa shape index (κ1) is 9.97. The fourth-order valence-electron chi connectivity index (χ4n) is 1.02. The number of nitrogens with zero attached hydrogens (tertiary/aromatic N) is 1. The molecule has 0 aromatic heterocycles. The molecule has 0 heterocycles. The van der Waals surface area contributed by atoms with Crippen LogP contribution in [0.2, 0.25) is 0 Å². The molecule has 1 amide bonds. The molecule has 0 radical (unpaired) electrons. The summed E-state index contributed by atoms with van der Waals surface area (Å²) < 4.78 is 4.57. The van der Waals surface area contributed by atoms with E-state index in [0.29, 0.717) is 0 Å².